The van der Waals surface area contributed by atoms with Gasteiger partial charge < -0.3 is 39.9 Å². The van der Waals surface area contributed by atoms with E-state index in [0.29, 0.717) is 13.0 Å². The van der Waals surface area contributed by atoms with Crippen LogP contribution in [0.4, 0.5) is 0 Å². The van der Waals surface area contributed by atoms with E-state index < -0.39 is 63.1 Å². The fourth-order valence-electron chi connectivity index (χ4n) is 7.78. The van der Waals surface area contributed by atoms with E-state index in [1.165, 1.54) is 128 Å². The molecule has 12 nitrogen and oxygen atoms in total. The Hall–Kier alpha value is -1.44. The van der Waals surface area contributed by atoms with Crippen LogP contribution in [0.25, 0.3) is 0 Å². The first-order chi connectivity index (χ1) is 30.5. The zero-order chi connectivity index (χ0) is 46.2. The van der Waals surface area contributed by atoms with Gasteiger partial charge in [-0.25, -0.2) is 4.57 Å². The van der Waals surface area contributed by atoms with Crippen molar-refractivity contribution in [2.24, 2.45) is 0 Å². The lowest BCUT2D eigenvalue weighted by atomic mass is 9.85. The van der Waals surface area contributed by atoms with Gasteiger partial charge in [-0.2, -0.15) is 0 Å². The molecule has 1 aliphatic carbocycles. The Labute approximate surface area is 382 Å². The second-order valence-corrected chi connectivity index (χ2v) is 19.1. The molecular formula is C50H93O12P. The molecule has 1 aliphatic rings. The fraction of sp³-hybridized carbons (Fsp3) is 0.860. The summed E-state index contributed by atoms with van der Waals surface area (Å²) in [5, 5.41) is 50.2. The van der Waals surface area contributed by atoms with Crippen molar-refractivity contribution in [3.05, 3.63) is 36.5 Å². The van der Waals surface area contributed by atoms with Gasteiger partial charge in [0.15, 0.2) is 0 Å². The molecule has 0 saturated heterocycles. The van der Waals surface area contributed by atoms with Gasteiger partial charge in [0.1, 0.15) is 42.7 Å². The number of hydrogen-bond donors (Lipinski definition) is 6. The molecule has 1 rings (SSSR count). The molecule has 6 atom stereocenters. The highest BCUT2D eigenvalue weighted by molar-refractivity contribution is 7.47. The van der Waals surface area contributed by atoms with Crippen LogP contribution in [-0.2, 0) is 27.9 Å². The van der Waals surface area contributed by atoms with Crippen molar-refractivity contribution in [2.45, 2.75) is 256 Å². The number of phosphoric acid groups is 1. The quantitative estimate of drug-likeness (QED) is 0.0147. The number of carbonyl (C=O) groups is 1. The molecule has 6 N–H and O–H groups in total. The summed E-state index contributed by atoms with van der Waals surface area (Å²) < 4.78 is 34.2. The molecular weight excluding hydrogens is 824 g/mol. The third-order valence-electron chi connectivity index (χ3n) is 11.8. The lowest BCUT2D eigenvalue weighted by Crippen LogP contribution is -2.64. The summed E-state index contributed by atoms with van der Waals surface area (Å²) in [5.41, 5.74) is 0. The molecule has 0 aromatic rings. The molecule has 1 fully saturated rings. The summed E-state index contributed by atoms with van der Waals surface area (Å²) in [6.45, 7) is 4.14. The van der Waals surface area contributed by atoms with Crippen molar-refractivity contribution < 1.29 is 58.3 Å². The van der Waals surface area contributed by atoms with Gasteiger partial charge in [-0.05, 0) is 44.9 Å². The molecule has 0 amide bonds. The van der Waals surface area contributed by atoms with Gasteiger partial charge in [0.2, 0.25) is 0 Å². The van der Waals surface area contributed by atoms with Crippen molar-refractivity contribution in [3.63, 3.8) is 0 Å². The zero-order valence-electron chi connectivity index (χ0n) is 39.6. The normalized spacial score (nSPS) is 22.1. The summed E-state index contributed by atoms with van der Waals surface area (Å²) in [5.74, 6) is -0.503. The fourth-order valence-corrected chi connectivity index (χ4v) is 8.76. The van der Waals surface area contributed by atoms with Crippen molar-refractivity contribution >= 4 is 13.8 Å². The first kappa shape index (κ1) is 59.6. The number of aliphatic hydroxyl groups is 5. The van der Waals surface area contributed by atoms with Crippen molar-refractivity contribution in [3.8, 4) is 0 Å². The van der Waals surface area contributed by atoms with Crippen LogP contribution in [0.1, 0.15) is 213 Å². The highest BCUT2D eigenvalue weighted by Crippen LogP contribution is 2.47. The minimum absolute atomic E-state index is 0.0858. The predicted octanol–water partition coefficient (Wildman–Crippen LogP) is 11.0. The Bertz CT molecular complexity index is 1180. The SMILES string of the molecule is CC/C=C\C/C=C\C/C=C\CCCCCC(=O)OC(COCCCCCCCCCCCCCCCCCCCCCCCCC)COP(=O)(O)OC1C(O)C(O)C(O)C(O)C1O. The summed E-state index contributed by atoms with van der Waals surface area (Å²) in [7, 11) is -5.03. The van der Waals surface area contributed by atoms with E-state index in [1.807, 2.05) is 0 Å². The van der Waals surface area contributed by atoms with E-state index in [0.717, 1.165) is 57.8 Å². The van der Waals surface area contributed by atoms with Crippen LogP contribution < -0.4 is 0 Å². The number of carbonyl (C=O) groups excluding carboxylic acids is 1. The standard InChI is InChI=1S/C50H93O12P/c1-3-5-7-9-11-13-15-17-18-19-20-21-22-23-24-25-26-28-30-32-34-36-38-40-59-41-43(42-60-63(57,58)62-50-48(55)46(53)45(52)47(54)49(50)56)61-44(51)39-37-35-33-31-29-27-16-14-12-10-8-6-4-2/h6,8,12,14,27,29,43,45-50,52-56H,3-5,7,9-11,13,15-26,28,30-42H2,1-2H3,(H,57,58)/b8-6-,14-12-,29-27-. The number of esters is 1. The average Bonchev–Trinajstić information content (AvgIpc) is 3.27. The van der Waals surface area contributed by atoms with Crippen LogP contribution in [0.5, 0.6) is 0 Å². The largest absolute Gasteiger partial charge is 0.472 e. The molecule has 0 aliphatic heterocycles. The van der Waals surface area contributed by atoms with Gasteiger partial charge in [0, 0.05) is 13.0 Å². The molecule has 63 heavy (non-hydrogen) atoms. The highest BCUT2D eigenvalue weighted by atomic mass is 31.2. The number of unbranched alkanes of at least 4 members (excludes halogenated alkanes) is 25. The maximum Gasteiger partial charge on any atom is 0.472 e. The zero-order valence-corrected chi connectivity index (χ0v) is 40.5. The maximum absolute atomic E-state index is 12.8. The number of ether oxygens (including phenoxy) is 2. The van der Waals surface area contributed by atoms with E-state index in [2.05, 4.69) is 50.3 Å². The van der Waals surface area contributed by atoms with Crippen LogP contribution in [-0.4, -0.2) is 98.9 Å². The van der Waals surface area contributed by atoms with Gasteiger partial charge in [-0.1, -0.05) is 198 Å². The van der Waals surface area contributed by atoms with Crippen LogP contribution >= 0.6 is 7.82 Å². The molecule has 0 aromatic carbocycles. The first-order valence-corrected chi connectivity index (χ1v) is 26.8. The third-order valence-corrected chi connectivity index (χ3v) is 12.8. The molecule has 1 saturated carbocycles. The molecule has 0 aromatic heterocycles. The van der Waals surface area contributed by atoms with Gasteiger partial charge >= 0.3 is 13.8 Å². The van der Waals surface area contributed by atoms with E-state index in [-0.39, 0.29) is 13.0 Å². The molecule has 0 spiro atoms. The Morgan fingerprint density at radius 1 is 0.524 bits per heavy atom. The molecule has 0 heterocycles. The van der Waals surface area contributed by atoms with Gasteiger partial charge in [-0.15, -0.1) is 0 Å². The molecule has 0 bridgehead atoms. The molecule has 6 unspecified atom stereocenters. The number of hydrogen-bond acceptors (Lipinski definition) is 11. The van der Waals surface area contributed by atoms with E-state index in [4.69, 9.17) is 18.5 Å². The maximum atomic E-state index is 12.8. The summed E-state index contributed by atoms with van der Waals surface area (Å²) in [4.78, 5) is 23.2. The smallest absolute Gasteiger partial charge is 0.457 e. The van der Waals surface area contributed by atoms with Crippen LogP contribution in [0, 0.1) is 0 Å². The summed E-state index contributed by atoms with van der Waals surface area (Å²) in [6.07, 6.45) is 36.6. The highest BCUT2D eigenvalue weighted by Gasteiger charge is 2.51. The third kappa shape index (κ3) is 32.8. The Morgan fingerprint density at radius 2 is 0.937 bits per heavy atom. The molecule has 13 heteroatoms. The van der Waals surface area contributed by atoms with Crippen molar-refractivity contribution in [2.75, 3.05) is 19.8 Å². The van der Waals surface area contributed by atoms with E-state index in [1.54, 1.807) is 0 Å². The molecule has 370 valence electrons. The average molecular weight is 917 g/mol. The van der Waals surface area contributed by atoms with Crippen LogP contribution in [0.2, 0.25) is 0 Å². The Morgan fingerprint density at radius 3 is 1.41 bits per heavy atom. The second-order valence-electron chi connectivity index (χ2n) is 17.6. The van der Waals surface area contributed by atoms with Gasteiger partial charge in [0.05, 0.1) is 13.2 Å². The number of aliphatic hydroxyl groups excluding tert-OH is 5. The summed E-state index contributed by atoms with van der Waals surface area (Å²) in [6, 6.07) is 0. The topological polar surface area (TPSA) is 192 Å². The molecule has 0 radical (unpaired) electrons. The Balaban J connectivity index is 2.30. The van der Waals surface area contributed by atoms with Crippen LogP contribution in [0.15, 0.2) is 36.5 Å². The monoisotopic (exact) mass is 917 g/mol. The van der Waals surface area contributed by atoms with Crippen molar-refractivity contribution in [1.82, 2.24) is 0 Å². The Kier molecular flexibility index (Phi) is 38.6. The number of rotatable bonds is 43. The lowest BCUT2D eigenvalue weighted by molar-refractivity contribution is -0.220. The van der Waals surface area contributed by atoms with Gasteiger partial charge in [0.25, 0.3) is 0 Å². The lowest BCUT2D eigenvalue weighted by Gasteiger charge is -2.41. The summed E-state index contributed by atoms with van der Waals surface area (Å²) >= 11 is 0. The van der Waals surface area contributed by atoms with E-state index >= 15 is 0 Å². The van der Waals surface area contributed by atoms with E-state index in [9.17, 15) is 39.8 Å². The van der Waals surface area contributed by atoms with Gasteiger partial charge in [-0.3, -0.25) is 13.8 Å². The number of phosphoric ester groups is 1. The second kappa shape index (κ2) is 40.8. The minimum atomic E-state index is -5.03. The number of allylic oxidation sites excluding steroid dienone is 6. The minimum Gasteiger partial charge on any atom is -0.457 e. The van der Waals surface area contributed by atoms with Crippen molar-refractivity contribution in [1.29, 1.82) is 0 Å². The predicted molar refractivity (Wildman–Crippen MR) is 253 cm³/mol. The van der Waals surface area contributed by atoms with Crippen LogP contribution in [0.3, 0.4) is 0 Å². The first-order valence-electron chi connectivity index (χ1n) is 25.3.